The van der Waals surface area contributed by atoms with Crippen LogP contribution in [0.1, 0.15) is 49.0 Å². The zero-order valence-corrected chi connectivity index (χ0v) is 13.0. The smallest absolute Gasteiger partial charge is 0.252 e. The van der Waals surface area contributed by atoms with Crippen LogP contribution >= 0.6 is 0 Å². The third kappa shape index (κ3) is 5.08. The molecular weight excluding hydrogens is 304 g/mol. The van der Waals surface area contributed by atoms with Gasteiger partial charge in [0.05, 0.1) is 11.7 Å². The van der Waals surface area contributed by atoms with E-state index < -0.39 is 37.8 Å². The third-order valence-electron chi connectivity index (χ3n) is 3.46. The zero-order chi connectivity index (χ0) is 22.7. The summed E-state index contributed by atoms with van der Waals surface area (Å²) in [4.78, 5) is 11.4. The van der Waals surface area contributed by atoms with Crippen molar-refractivity contribution in [3.63, 3.8) is 0 Å². The fourth-order valence-electron chi connectivity index (χ4n) is 2.12. The lowest BCUT2D eigenvalue weighted by molar-refractivity contribution is 0.0997. The van der Waals surface area contributed by atoms with Gasteiger partial charge in [0, 0.05) is 20.8 Å². The summed E-state index contributed by atoms with van der Waals surface area (Å²) < 4.78 is 48.3. The van der Waals surface area contributed by atoms with Crippen LogP contribution in [-0.2, 0) is 6.42 Å². The van der Waals surface area contributed by atoms with Crippen molar-refractivity contribution in [2.75, 3.05) is 6.54 Å². The van der Waals surface area contributed by atoms with E-state index in [1.165, 1.54) is 6.07 Å². The van der Waals surface area contributed by atoms with Gasteiger partial charge in [0.1, 0.15) is 5.75 Å². The Balaban J connectivity index is 2.26. The molecule has 0 aromatic heterocycles. The number of rotatable bonds is 8. The summed E-state index contributed by atoms with van der Waals surface area (Å²) in [5, 5.41) is 22.4. The standard InChI is InChI=1S/C19H24N2O3/c1-13(7-8-14-5-3-2-4-6-14)21-12-18(23)15-9-10-17(22)16(11-15)19(20)24/h2-6,9-11,13,18,21-23H,7-8,12H2,1H3,(H2,20,24)/i1D3,7D2,13D. The average molecular weight is 334 g/mol. The summed E-state index contributed by atoms with van der Waals surface area (Å²) >= 11 is 0. The van der Waals surface area contributed by atoms with Gasteiger partial charge in [0.25, 0.3) is 5.91 Å². The zero-order valence-electron chi connectivity index (χ0n) is 19.0. The van der Waals surface area contributed by atoms with Crippen LogP contribution in [0.25, 0.3) is 0 Å². The molecule has 2 atom stereocenters. The van der Waals surface area contributed by atoms with Crippen LogP contribution in [0, 0.1) is 0 Å². The maximum Gasteiger partial charge on any atom is 0.252 e. The predicted octanol–water partition coefficient (Wildman–Crippen LogP) is 2.14. The fraction of sp³-hybridized carbons (Fsp3) is 0.316. The summed E-state index contributed by atoms with van der Waals surface area (Å²) in [6, 6.07) is 9.27. The first-order chi connectivity index (χ1) is 13.8. The summed E-state index contributed by atoms with van der Waals surface area (Å²) in [6.45, 7) is -3.54. The maximum atomic E-state index is 11.4. The first kappa shape index (κ1) is 11.2. The van der Waals surface area contributed by atoms with Gasteiger partial charge in [-0.15, -0.1) is 0 Å². The van der Waals surface area contributed by atoms with Gasteiger partial charge in [-0.25, -0.2) is 0 Å². The molecule has 24 heavy (non-hydrogen) atoms. The van der Waals surface area contributed by atoms with E-state index in [2.05, 4.69) is 5.32 Å². The van der Waals surface area contributed by atoms with E-state index in [0.29, 0.717) is 5.56 Å². The van der Waals surface area contributed by atoms with Gasteiger partial charge >= 0.3 is 0 Å². The molecule has 5 nitrogen and oxygen atoms in total. The Labute approximate surface area is 150 Å². The van der Waals surface area contributed by atoms with Crippen LogP contribution in [0.4, 0.5) is 0 Å². The van der Waals surface area contributed by atoms with Crippen LogP contribution in [0.2, 0.25) is 0 Å². The van der Waals surface area contributed by atoms with Crippen LogP contribution in [0.5, 0.6) is 5.75 Å². The molecule has 0 aliphatic carbocycles. The molecule has 0 radical (unpaired) electrons. The van der Waals surface area contributed by atoms with Crippen molar-refractivity contribution in [1.82, 2.24) is 5.32 Å². The van der Waals surface area contributed by atoms with Crippen molar-refractivity contribution in [2.45, 2.75) is 31.8 Å². The van der Waals surface area contributed by atoms with Gasteiger partial charge in [-0.3, -0.25) is 4.79 Å². The number of phenols is 1. The molecule has 2 rings (SSSR count). The molecule has 2 unspecified atom stereocenters. The molecule has 1 amide bonds. The SMILES string of the molecule is [2H]C([2H])([2H])C([2H])(NCC(O)c1ccc(O)c(C(N)=O)c1)C([2H])([2H])Cc1ccccc1. The number of amides is 1. The van der Waals surface area contributed by atoms with Gasteiger partial charge < -0.3 is 21.3 Å². The number of carbonyl (C=O) groups excluding carboxylic acids is 1. The van der Waals surface area contributed by atoms with Gasteiger partial charge in [0.15, 0.2) is 0 Å². The summed E-state index contributed by atoms with van der Waals surface area (Å²) in [5.74, 6) is -1.28. The minimum Gasteiger partial charge on any atom is -0.507 e. The topological polar surface area (TPSA) is 95.6 Å². The normalized spacial score (nSPS) is 19.5. The van der Waals surface area contributed by atoms with Crippen LogP contribution in [-0.4, -0.2) is 28.7 Å². The fourth-order valence-corrected chi connectivity index (χ4v) is 2.12. The Morgan fingerprint density at radius 1 is 1.38 bits per heavy atom. The van der Waals surface area contributed by atoms with Gasteiger partial charge in [0.2, 0.25) is 0 Å². The van der Waals surface area contributed by atoms with E-state index in [9.17, 15) is 15.0 Å². The molecule has 2 aromatic carbocycles. The van der Waals surface area contributed by atoms with Gasteiger partial charge in [-0.1, -0.05) is 36.4 Å². The molecule has 5 heteroatoms. The second-order valence-electron chi connectivity index (χ2n) is 5.25. The number of primary amides is 1. The molecule has 0 heterocycles. The molecule has 128 valence electrons. The van der Waals surface area contributed by atoms with Gasteiger partial charge in [-0.2, -0.15) is 0 Å². The molecule has 0 saturated heterocycles. The highest BCUT2D eigenvalue weighted by Gasteiger charge is 2.14. The van der Waals surface area contributed by atoms with E-state index in [0.717, 1.165) is 12.1 Å². The highest BCUT2D eigenvalue weighted by atomic mass is 16.3. The van der Waals surface area contributed by atoms with Crippen molar-refractivity contribution in [3.8, 4) is 5.75 Å². The number of nitrogens with one attached hydrogen (secondary N) is 1. The maximum absolute atomic E-state index is 11.4. The Kier molecular flexibility index (Phi) is 3.97. The predicted molar refractivity (Wildman–Crippen MR) is 93.8 cm³/mol. The van der Waals surface area contributed by atoms with E-state index in [1.807, 2.05) is 0 Å². The minimum atomic E-state index is -3.06. The molecule has 0 spiro atoms. The lowest BCUT2D eigenvalue weighted by Gasteiger charge is -2.18. The number of aliphatic hydroxyl groups excluding tert-OH is 1. The second kappa shape index (κ2) is 8.47. The summed E-state index contributed by atoms with van der Waals surface area (Å²) in [7, 11) is 0. The van der Waals surface area contributed by atoms with Crippen LogP contribution in [0.15, 0.2) is 48.5 Å². The quantitative estimate of drug-likeness (QED) is 0.595. The number of aryl methyl sites for hydroxylation is 1. The number of aliphatic hydroxyl groups is 1. The highest BCUT2D eigenvalue weighted by molar-refractivity contribution is 5.95. The van der Waals surface area contributed by atoms with Crippen molar-refractivity contribution >= 4 is 5.91 Å². The Morgan fingerprint density at radius 3 is 2.79 bits per heavy atom. The average Bonchev–Trinajstić information content (AvgIpc) is 2.65. The Bertz CT molecular complexity index is 892. The lowest BCUT2D eigenvalue weighted by atomic mass is 10.0. The molecule has 0 saturated carbocycles. The third-order valence-corrected chi connectivity index (χ3v) is 3.46. The number of carbonyl (C=O) groups is 1. The molecule has 0 fully saturated rings. The van der Waals surface area contributed by atoms with Crippen LogP contribution < -0.4 is 11.1 Å². The Hall–Kier alpha value is -2.37. The number of nitrogens with two attached hydrogens (primary N) is 1. The number of hydrogen-bond acceptors (Lipinski definition) is 4. The van der Waals surface area contributed by atoms with Crippen molar-refractivity contribution in [3.05, 3.63) is 65.2 Å². The van der Waals surface area contributed by atoms with E-state index in [1.54, 1.807) is 30.3 Å². The monoisotopic (exact) mass is 334 g/mol. The number of hydrogen-bond donors (Lipinski definition) is 4. The minimum absolute atomic E-state index is 0.144. The van der Waals surface area contributed by atoms with Crippen molar-refractivity contribution < 1.29 is 23.2 Å². The largest absolute Gasteiger partial charge is 0.507 e. The van der Waals surface area contributed by atoms with Crippen molar-refractivity contribution in [2.24, 2.45) is 5.73 Å². The molecular formula is C19H24N2O3. The number of aromatic hydroxyl groups is 1. The first-order valence-corrected chi connectivity index (χ1v) is 7.38. The molecule has 0 aliphatic rings. The van der Waals surface area contributed by atoms with Crippen LogP contribution in [0.3, 0.4) is 0 Å². The molecule has 2 aromatic rings. The van der Waals surface area contributed by atoms with E-state index in [4.69, 9.17) is 14.0 Å². The first-order valence-electron chi connectivity index (χ1n) is 10.4. The van der Waals surface area contributed by atoms with Crippen molar-refractivity contribution in [1.29, 1.82) is 0 Å². The Morgan fingerprint density at radius 2 is 2.12 bits per heavy atom. The second-order valence-corrected chi connectivity index (χ2v) is 5.25. The van der Waals surface area contributed by atoms with E-state index in [-0.39, 0.29) is 23.3 Å². The van der Waals surface area contributed by atoms with E-state index >= 15 is 0 Å². The summed E-state index contributed by atoms with van der Waals surface area (Å²) in [5.41, 5.74) is 5.61. The highest BCUT2D eigenvalue weighted by Crippen LogP contribution is 2.22. The lowest BCUT2D eigenvalue weighted by Crippen LogP contribution is -2.31. The molecule has 0 aliphatic heterocycles. The summed E-state index contributed by atoms with van der Waals surface area (Å²) in [6.07, 6.45) is -4.24. The molecule has 0 bridgehead atoms. The number of benzene rings is 2. The molecule has 5 N–H and O–H groups in total. The van der Waals surface area contributed by atoms with Gasteiger partial charge in [-0.05, 0) is 42.9 Å².